The number of fused-ring (bicyclic) bond motifs is 1. The van der Waals surface area contributed by atoms with E-state index in [1.807, 2.05) is 0 Å². The SMILES string of the molecule is COc1ccc(Cl)cc1NC(=O)c1n[nH]c2c1CNCC2. The molecule has 2 heterocycles. The fraction of sp³-hybridized carbons (Fsp3) is 0.286. The average Bonchev–Trinajstić information content (AvgIpc) is 2.91. The molecule has 0 aliphatic carbocycles. The third-order valence-corrected chi connectivity index (χ3v) is 3.67. The van der Waals surface area contributed by atoms with Crippen molar-refractivity contribution in [3.8, 4) is 5.75 Å². The van der Waals surface area contributed by atoms with E-state index in [0.717, 1.165) is 24.2 Å². The van der Waals surface area contributed by atoms with Crippen molar-refractivity contribution in [1.29, 1.82) is 0 Å². The first-order valence-electron chi connectivity index (χ1n) is 6.60. The number of anilines is 1. The van der Waals surface area contributed by atoms with Crippen LogP contribution in [0.5, 0.6) is 5.75 Å². The molecule has 0 fully saturated rings. The van der Waals surface area contributed by atoms with Gasteiger partial charge in [0.05, 0.1) is 12.8 Å². The standard InChI is InChI=1S/C14H15ClN4O2/c1-21-12-3-2-8(15)6-11(12)17-14(20)13-9-7-16-5-4-10(9)18-19-13/h2-3,6,16H,4-5,7H2,1H3,(H,17,20)(H,18,19). The lowest BCUT2D eigenvalue weighted by molar-refractivity contribution is 0.102. The second kappa shape index (κ2) is 5.75. The van der Waals surface area contributed by atoms with Crippen molar-refractivity contribution in [3.63, 3.8) is 0 Å². The number of amides is 1. The Morgan fingerprint density at radius 1 is 1.48 bits per heavy atom. The van der Waals surface area contributed by atoms with E-state index in [2.05, 4.69) is 20.8 Å². The van der Waals surface area contributed by atoms with E-state index in [1.165, 1.54) is 0 Å². The van der Waals surface area contributed by atoms with Gasteiger partial charge in [0.25, 0.3) is 5.91 Å². The van der Waals surface area contributed by atoms with E-state index >= 15 is 0 Å². The monoisotopic (exact) mass is 306 g/mol. The van der Waals surface area contributed by atoms with E-state index in [-0.39, 0.29) is 5.91 Å². The van der Waals surface area contributed by atoms with Crippen LogP contribution in [0.25, 0.3) is 0 Å². The first-order chi connectivity index (χ1) is 10.2. The number of ether oxygens (including phenoxy) is 1. The second-order valence-electron chi connectivity index (χ2n) is 4.75. The van der Waals surface area contributed by atoms with Gasteiger partial charge in [-0.15, -0.1) is 0 Å². The summed E-state index contributed by atoms with van der Waals surface area (Å²) < 4.78 is 5.22. The molecule has 1 aromatic heterocycles. The summed E-state index contributed by atoms with van der Waals surface area (Å²) in [5.74, 6) is 0.270. The van der Waals surface area contributed by atoms with Gasteiger partial charge in [-0.2, -0.15) is 5.10 Å². The molecular formula is C14H15ClN4O2. The molecule has 1 aliphatic heterocycles. The molecule has 3 rings (SSSR count). The van der Waals surface area contributed by atoms with Crippen molar-refractivity contribution in [2.24, 2.45) is 0 Å². The van der Waals surface area contributed by atoms with Crippen LogP contribution in [0, 0.1) is 0 Å². The van der Waals surface area contributed by atoms with Gasteiger partial charge in [0, 0.05) is 35.8 Å². The molecular weight excluding hydrogens is 292 g/mol. The van der Waals surface area contributed by atoms with Crippen LogP contribution in [0.1, 0.15) is 21.7 Å². The van der Waals surface area contributed by atoms with Gasteiger partial charge in [-0.05, 0) is 18.2 Å². The molecule has 0 saturated carbocycles. The normalized spacial score (nSPS) is 13.6. The quantitative estimate of drug-likeness (QED) is 0.810. The van der Waals surface area contributed by atoms with E-state index in [9.17, 15) is 4.79 Å². The van der Waals surface area contributed by atoms with Crippen LogP contribution in [0.2, 0.25) is 5.02 Å². The highest BCUT2D eigenvalue weighted by Crippen LogP contribution is 2.28. The fourth-order valence-electron chi connectivity index (χ4n) is 2.37. The summed E-state index contributed by atoms with van der Waals surface area (Å²) in [6.45, 7) is 1.53. The maximum Gasteiger partial charge on any atom is 0.276 e. The Morgan fingerprint density at radius 3 is 3.14 bits per heavy atom. The van der Waals surface area contributed by atoms with Crippen LogP contribution in [-0.4, -0.2) is 29.8 Å². The van der Waals surface area contributed by atoms with Crippen LogP contribution in [0.4, 0.5) is 5.69 Å². The molecule has 1 amide bonds. The van der Waals surface area contributed by atoms with E-state index in [0.29, 0.717) is 28.7 Å². The number of hydrogen-bond donors (Lipinski definition) is 3. The fourth-order valence-corrected chi connectivity index (χ4v) is 2.54. The molecule has 110 valence electrons. The van der Waals surface area contributed by atoms with Gasteiger partial charge in [-0.3, -0.25) is 9.89 Å². The zero-order valence-corrected chi connectivity index (χ0v) is 12.3. The summed E-state index contributed by atoms with van der Waals surface area (Å²) in [5, 5.41) is 13.6. The van der Waals surface area contributed by atoms with Crippen molar-refractivity contribution in [3.05, 3.63) is 40.2 Å². The molecule has 7 heteroatoms. The highest BCUT2D eigenvalue weighted by Gasteiger charge is 2.22. The first kappa shape index (κ1) is 13.9. The number of H-pyrrole nitrogens is 1. The lowest BCUT2D eigenvalue weighted by atomic mass is 10.1. The molecule has 6 nitrogen and oxygen atoms in total. The molecule has 2 aromatic rings. The van der Waals surface area contributed by atoms with E-state index in [1.54, 1.807) is 25.3 Å². The lowest BCUT2D eigenvalue weighted by Crippen LogP contribution is -2.25. The molecule has 0 bridgehead atoms. The molecule has 3 N–H and O–H groups in total. The van der Waals surface area contributed by atoms with Crippen molar-refractivity contribution in [2.45, 2.75) is 13.0 Å². The first-order valence-corrected chi connectivity index (χ1v) is 6.98. The van der Waals surface area contributed by atoms with Gasteiger partial charge in [-0.1, -0.05) is 11.6 Å². The lowest BCUT2D eigenvalue weighted by Gasteiger charge is -2.13. The Kier molecular flexibility index (Phi) is 3.81. The molecule has 1 aromatic carbocycles. The molecule has 0 saturated heterocycles. The molecule has 0 spiro atoms. The third-order valence-electron chi connectivity index (χ3n) is 3.43. The Bertz CT molecular complexity index is 684. The minimum absolute atomic E-state index is 0.281. The minimum atomic E-state index is -0.281. The topological polar surface area (TPSA) is 79.0 Å². The van der Waals surface area contributed by atoms with Crippen molar-refractivity contribution in [1.82, 2.24) is 15.5 Å². The highest BCUT2D eigenvalue weighted by molar-refractivity contribution is 6.31. The molecule has 0 radical (unpaired) electrons. The number of hydrogen-bond acceptors (Lipinski definition) is 4. The molecule has 1 aliphatic rings. The van der Waals surface area contributed by atoms with Gasteiger partial charge in [0.2, 0.25) is 0 Å². The Morgan fingerprint density at radius 2 is 2.33 bits per heavy atom. The zero-order valence-electron chi connectivity index (χ0n) is 11.5. The predicted molar refractivity (Wildman–Crippen MR) is 80.0 cm³/mol. The number of nitrogens with one attached hydrogen (secondary N) is 3. The summed E-state index contributed by atoms with van der Waals surface area (Å²) in [7, 11) is 1.54. The van der Waals surface area contributed by atoms with Crippen LogP contribution in [0.3, 0.4) is 0 Å². The maximum atomic E-state index is 12.4. The molecule has 0 atom stereocenters. The molecule has 21 heavy (non-hydrogen) atoms. The Hall–Kier alpha value is -2.05. The van der Waals surface area contributed by atoms with Gasteiger partial charge in [0.1, 0.15) is 5.75 Å². The third kappa shape index (κ3) is 2.72. The smallest absolute Gasteiger partial charge is 0.276 e. The van der Waals surface area contributed by atoms with Crippen molar-refractivity contribution in [2.75, 3.05) is 19.0 Å². The minimum Gasteiger partial charge on any atom is -0.495 e. The number of carbonyl (C=O) groups is 1. The number of rotatable bonds is 3. The number of benzene rings is 1. The number of nitrogens with zero attached hydrogens (tertiary/aromatic N) is 1. The van der Waals surface area contributed by atoms with Gasteiger partial charge < -0.3 is 15.4 Å². The van der Waals surface area contributed by atoms with Gasteiger partial charge >= 0.3 is 0 Å². The Labute approximate surface area is 126 Å². The van der Waals surface area contributed by atoms with Crippen LogP contribution in [-0.2, 0) is 13.0 Å². The van der Waals surface area contributed by atoms with Crippen LogP contribution in [0.15, 0.2) is 18.2 Å². The highest BCUT2D eigenvalue weighted by atomic mass is 35.5. The molecule has 0 unspecified atom stereocenters. The number of methoxy groups -OCH3 is 1. The van der Waals surface area contributed by atoms with Gasteiger partial charge in [0.15, 0.2) is 5.69 Å². The average molecular weight is 307 g/mol. The number of aromatic nitrogens is 2. The zero-order chi connectivity index (χ0) is 14.8. The summed E-state index contributed by atoms with van der Waals surface area (Å²) in [5.41, 5.74) is 2.85. The predicted octanol–water partition coefficient (Wildman–Crippen LogP) is 1.97. The second-order valence-corrected chi connectivity index (χ2v) is 5.19. The van der Waals surface area contributed by atoms with Gasteiger partial charge in [-0.25, -0.2) is 0 Å². The largest absolute Gasteiger partial charge is 0.495 e. The van der Waals surface area contributed by atoms with Crippen molar-refractivity contribution >= 4 is 23.2 Å². The number of aromatic amines is 1. The van der Waals surface area contributed by atoms with E-state index in [4.69, 9.17) is 16.3 Å². The Balaban J connectivity index is 1.87. The van der Waals surface area contributed by atoms with Crippen LogP contribution < -0.4 is 15.4 Å². The summed E-state index contributed by atoms with van der Waals surface area (Å²) in [6.07, 6.45) is 0.843. The van der Waals surface area contributed by atoms with Crippen molar-refractivity contribution < 1.29 is 9.53 Å². The number of carbonyl (C=O) groups excluding carboxylic acids is 1. The summed E-state index contributed by atoms with van der Waals surface area (Å²) in [4.78, 5) is 12.4. The number of halogens is 1. The van der Waals surface area contributed by atoms with Crippen LogP contribution >= 0.6 is 11.6 Å². The summed E-state index contributed by atoms with van der Waals surface area (Å²) in [6, 6.07) is 5.06. The van der Waals surface area contributed by atoms with E-state index < -0.39 is 0 Å². The maximum absolute atomic E-state index is 12.4. The summed E-state index contributed by atoms with van der Waals surface area (Å²) >= 11 is 5.96.